The van der Waals surface area contributed by atoms with E-state index in [0.717, 1.165) is 50.7 Å². The zero-order valence-electron chi connectivity index (χ0n) is 15.1. The van der Waals surface area contributed by atoms with Crippen LogP contribution in [-0.2, 0) is 22.6 Å². The van der Waals surface area contributed by atoms with Crippen LogP contribution in [0.2, 0.25) is 0 Å². The maximum absolute atomic E-state index is 12.6. The lowest BCUT2D eigenvalue weighted by molar-refractivity contribution is 0.0139. The molecular weight excluding hydrogens is 334 g/mol. The lowest BCUT2D eigenvalue weighted by atomic mass is 10.0. The van der Waals surface area contributed by atoms with Crippen molar-refractivity contribution in [3.8, 4) is 0 Å². The van der Waals surface area contributed by atoms with Crippen molar-refractivity contribution in [1.29, 1.82) is 0 Å². The largest absolute Gasteiger partial charge is 0.459 e. The molecule has 1 fully saturated rings. The Morgan fingerprint density at radius 1 is 1.35 bits per heavy atom. The molecule has 2 aromatic rings. The van der Waals surface area contributed by atoms with E-state index in [1.807, 2.05) is 18.0 Å². The average Bonchev–Trinajstić information content (AvgIpc) is 3.33. The molecule has 2 aromatic heterocycles. The number of carbonyl (C=O) groups is 1. The van der Waals surface area contributed by atoms with Gasteiger partial charge in [-0.3, -0.25) is 4.79 Å². The summed E-state index contributed by atoms with van der Waals surface area (Å²) in [6.07, 6.45) is 5.55. The second-order valence-corrected chi connectivity index (χ2v) is 6.98. The van der Waals surface area contributed by atoms with E-state index in [1.165, 1.54) is 6.26 Å². The molecule has 0 bridgehead atoms. The standard InChI is InChI=1S/C19H25N3O4/c1-14-18-20-11-16(13-25-12-15-4-9-24-10-5-15)22(18)7-6-21(14)19(23)17-3-2-8-26-17/h2-3,8,11,14-15H,4-7,9-10,12-13H2,1H3/t14-/m1/s1. The molecular formula is C19H25N3O4. The van der Waals surface area contributed by atoms with Crippen LogP contribution in [0.3, 0.4) is 0 Å². The summed E-state index contributed by atoms with van der Waals surface area (Å²) in [6.45, 7) is 6.37. The number of carbonyl (C=O) groups excluding carboxylic acids is 1. The van der Waals surface area contributed by atoms with Gasteiger partial charge in [0.1, 0.15) is 5.82 Å². The molecule has 1 saturated heterocycles. The Morgan fingerprint density at radius 3 is 2.96 bits per heavy atom. The van der Waals surface area contributed by atoms with Gasteiger partial charge in [-0.05, 0) is 37.8 Å². The van der Waals surface area contributed by atoms with E-state index in [9.17, 15) is 4.79 Å². The van der Waals surface area contributed by atoms with Crippen LogP contribution in [-0.4, -0.2) is 46.7 Å². The molecule has 7 heteroatoms. The molecule has 0 saturated carbocycles. The van der Waals surface area contributed by atoms with Crippen LogP contribution < -0.4 is 0 Å². The SMILES string of the molecule is C[C@@H]1c2ncc(COCC3CCOCC3)n2CCN1C(=O)c1ccco1. The average molecular weight is 359 g/mol. The lowest BCUT2D eigenvalue weighted by Gasteiger charge is -2.34. The summed E-state index contributed by atoms with van der Waals surface area (Å²) in [5, 5.41) is 0. The number of hydrogen-bond acceptors (Lipinski definition) is 5. The van der Waals surface area contributed by atoms with Gasteiger partial charge < -0.3 is 23.4 Å². The third-order valence-electron chi connectivity index (χ3n) is 5.31. The van der Waals surface area contributed by atoms with E-state index in [1.54, 1.807) is 12.1 Å². The van der Waals surface area contributed by atoms with Gasteiger partial charge >= 0.3 is 0 Å². The summed E-state index contributed by atoms with van der Waals surface area (Å²) in [6, 6.07) is 3.34. The third-order valence-corrected chi connectivity index (χ3v) is 5.31. The van der Waals surface area contributed by atoms with Crippen molar-refractivity contribution in [2.24, 2.45) is 5.92 Å². The first-order valence-electron chi connectivity index (χ1n) is 9.28. The summed E-state index contributed by atoms with van der Waals surface area (Å²) < 4.78 is 18.8. The number of imidazole rings is 1. The van der Waals surface area contributed by atoms with Crippen LogP contribution in [0, 0.1) is 5.92 Å². The molecule has 0 N–H and O–H groups in total. The molecule has 26 heavy (non-hydrogen) atoms. The molecule has 1 amide bonds. The second kappa shape index (κ2) is 7.63. The van der Waals surface area contributed by atoms with Gasteiger partial charge in [-0.1, -0.05) is 0 Å². The van der Waals surface area contributed by atoms with Crippen molar-refractivity contribution in [2.45, 2.75) is 39.0 Å². The van der Waals surface area contributed by atoms with Crippen molar-refractivity contribution in [1.82, 2.24) is 14.5 Å². The number of amides is 1. The third kappa shape index (κ3) is 3.41. The van der Waals surface area contributed by atoms with Crippen LogP contribution in [0.15, 0.2) is 29.0 Å². The Balaban J connectivity index is 1.38. The fraction of sp³-hybridized carbons (Fsp3) is 0.579. The minimum atomic E-state index is -0.0920. The summed E-state index contributed by atoms with van der Waals surface area (Å²) >= 11 is 0. The molecule has 2 aliphatic rings. The molecule has 0 aromatic carbocycles. The molecule has 0 radical (unpaired) electrons. The molecule has 7 nitrogen and oxygen atoms in total. The highest BCUT2D eigenvalue weighted by Crippen LogP contribution is 2.27. The molecule has 0 aliphatic carbocycles. The van der Waals surface area contributed by atoms with Crippen molar-refractivity contribution < 1.29 is 18.7 Å². The smallest absolute Gasteiger partial charge is 0.290 e. The van der Waals surface area contributed by atoms with Crippen LogP contribution in [0.5, 0.6) is 0 Å². The monoisotopic (exact) mass is 359 g/mol. The molecule has 4 rings (SSSR count). The zero-order valence-corrected chi connectivity index (χ0v) is 15.1. The predicted molar refractivity (Wildman–Crippen MR) is 93.6 cm³/mol. The van der Waals surface area contributed by atoms with Gasteiger partial charge in [0.25, 0.3) is 5.91 Å². The highest BCUT2D eigenvalue weighted by molar-refractivity contribution is 5.91. The summed E-state index contributed by atoms with van der Waals surface area (Å²) in [5.74, 6) is 1.78. The summed E-state index contributed by atoms with van der Waals surface area (Å²) in [4.78, 5) is 19.0. The van der Waals surface area contributed by atoms with Gasteiger partial charge in [0.05, 0.1) is 37.4 Å². The van der Waals surface area contributed by atoms with E-state index >= 15 is 0 Å². The predicted octanol–water partition coefficient (Wildman–Crippen LogP) is 2.64. The Hall–Kier alpha value is -2.12. The highest BCUT2D eigenvalue weighted by Gasteiger charge is 2.31. The number of ether oxygens (including phenoxy) is 2. The van der Waals surface area contributed by atoms with Crippen LogP contribution in [0.4, 0.5) is 0 Å². The first-order chi connectivity index (χ1) is 12.7. The van der Waals surface area contributed by atoms with Crippen molar-refractivity contribution in [3.63, 3.8) is 0 Å². The quantitative estimate of drug-likeness (QED) is 0.821. The lowest BCUT2D eigenvalue weighted by Crippen LogP contribution is -2.41. The van der Waals surface area contributed by atoms with E-state index in [2.05, 4.69) is 9.55 Å². The number of fused-ring (bicyclic) bond motifs is 1. The fourth-order valence-electron chi connectivity index (χ4n) is 3.74. The molecule has 1 atom stereocenters. The Labute approximate surface area is 152 Å². The van der Waals surface area contributed by atoms with Crippen LogP contribution in [0.1, 0.15) is 47.9 Å². The van der Waals surface area contributed by atoms with Gasteiger partial charge in [-0.25, -0.2) is 4.98 Å². The molecule has 0 spiro atoms. The number of rotatable bonds is 5. The Bertz CT molecular complexity index is 734. The summed E-state index contributed by atoms with van der Waals surface area (Å²) in [5.41, 5.74) is 1.07. The zero-order chi connectivity index (χ0) is 17.9. The van der Waals surface area contributed by atoms with E-state index in [4.69, 9.17) is 13.9 Å². The number of furan rings is 1. The van der Waals surface area contributed by atoms with Crippen molar-refractivity contribution in [3.05, 3.63) is 41.9 Å². The maximum Gasteiger partial charge on any atom is 0.290 e. The Morgan fingerprint density at radius 2 is 2.19 bits per heavy atom. The normalized spacial score (nSPS) is 21.0. The van der Waals surface area contributed by atoms with E-state index < -0.39 is 0 Å². The minimum Gasteiger partial charge on any atom is -0.459 e. The molecule has 2 aliphatic heterocycles. The van der Waals surface area contributed by atoms with Gasteiger partial charge in [-0.2, -0.15) is 0 Å². The van der Waals surface area contributed by atoms with E-state index in [-0.39, 0.29) is 11.9 Å². The minimum absolute atomic E-state index is 0.0888. The molecule has 4 heterocycles. The van der Waals surface area contributed by atoms with E-state index in [0.29, 0.717) is 24.8 Å². The first-order valence-corrected chi connectivity index (χ1v) is 9.28. The number of aromatic nitrogens is 2. The molecule has 0 unspecified atom stereocenters. The van der Waals surface area contributed by atoms with Crippen molar-refractivity contribution >= 4 is 5.91 Å². The van der Waals surface area contributed by atoms with Gasteiger partial charge in [0.15, 0.2) is 5.76 Å². The van der Waals surface area contributed by atoms with Crippen LogP contribution in [0.25, 0.3) is 0 Å². The topological polar surface area (TPSA) is 69.7 Å². The number of hydrogen-bond donors (Lipinski definition) is 0. The van der Waals surface area contributed by atoms with Crippen LogP contribution >= 0.6 is 0 Å². The fourth-order valence-corrected chi connectivity index (χ4v) is 3.74. The maximum atomic E-state index is 12.6. The van der Waals surface area contributed by atoms with Gasteiger partial charge in [0, 0.05) is 26.3 Å². The summed E-state index contributed by atoms with van der Waals surface area (Å²) in [7, 11) is 0. The molecule has 140 valence electrons. The second-order valence-electron chi connectivity index (χ2n) is 6.98. The highest BCUT2D eigenvalue weighted by atomic mass is 16.5. The van der Waals surface area contributed by atoms with Gasteiger partial charge in [-0.15, -0.1) is 0 Å². The first kappa shape index (κ1) is 17.3. The van der Waals surface area contributed by atoms with Gasteiger partial charge in [0.2, 0.25) is 0 Å². The Kier molecular flexibility index (Phi) is 5.08. The number of nitrogens with zero attached hydrogens (tertiary/aromatic N) is 3. The van der Waals surface area contributed by atoms with Crippen molar-refractivity contribution in [2.75, 3.05) is 26.4 Å².